The summed E-state index contributed by atoms with van der Waals surface area (Å²) >= 11 is 0. The summed E-state index contributed by atoms with van der Waals surface area (Å²) in [6.45, 7) is -1.50. The van der Waals surface area contributed by atoms with Crippen molar-refractivity contribution in [3.63, 3.8) is 0 Å². The molecule has 0 bridgehead atoms. The van der Waals surface area contributed by atoms with Crippen molar-refractivity contribution in [3.05, 3.63) is 12.7 Å². The Labute approximate surface area is 249 Å². The number of anilines is 2. The number of phosphoric acid groups is 2. The van der Waals surface area contributed by atoms with Crippen molar-refractivity contribution in [2.45, 2.75) is 49.4 Å². The van der Waals surface area contributed by atoms with Gasteiger partial charge in [0.2, 0.25) is 11.9 Å². The summed E-state index contributed by atoms with van der Waals surface area (Å²) in [4.78, 5) is 44.0. The first-order valence-corrected chi connectivity index (χ1v) is 15.9. The molecule has 3 aliphatic rings. The van der Waals surface area contributed by atoms with Crippen LogP contribution in [-0.4, -0.2) is 97.7 Å². The Morgan fingerprint density at radius 1 is 0.800 bits per heavy atom. The van der Waals surface area contributed by atoms with Gasteiger partial charge in [-0.25, -0.2) is 29.1 Å². The fourth-order valence-electron chi connectivity index (χ4n) is 5.28. The third-order valence-electron chi connectivity index (χ3n) is 7.22. The van der Waals surface area contributed by atoms with E-state index in [1.165, 1.54) is 10.9 Å². The Morgan fingerprint density at radius 2 is 1.36 bits per heavy atom. The Balaban J connectivity index is 1.15. The lowest BCUT2D eigenvalue weighted by atomic mass is 10.1. The molecule has 0 radical (unpaired) electrons. The van der Waals surface area contributed by atoms with Crippen molar-refractivity contribution in [2.24, 2.45) is 0 Å². The number of nitrogen functional groups attached to an aromatic ring is 2. The monoisotopic (exact) mass is 672 g/mol. The van der Waals surface area contributed by atoms with Crippen molar-refractivity contribution >= 4 is 49.9 Å². The van der Waals surface area contributed by atoms with E-state index in [0.29, 0.717) is 0 Å². The highest BCUT2D eigenvalue weighted by atomic mass is 31.2. The lowest BCUT2D eigenvalue weighted by Gasteiger charge is -2.27. The molecule has 4 aromatic heterocycles. The summed E-state index contributed by atoms with van der Waals surface area (Å²) < 4.78 is 61.1. The van der Waals surface area contributed by atoms with Gasteiger partial charge >= 0.3 is 15.6 Å². The number of aliphatic hydroxyl groups excluding tert-OH is 1. The number of nitrogens with two attached hydrogens (primary N) is 2. The summed E-state index contributed by atoms with van der Waals surface area (Å²) in [7, 11) is -9.92. The molecule has 0 aliphatic carbocycles. The summed E-state index contributed by atoms with van der Waals surface area (Å²) in [5.74, 6) is -2.25. The van der Waals surface area contributed by atoms with E-state index in [2.05, 4.69) is 29.9 Å². The third kappa shape index (κ3) is 5.47. The van der Waals surface area contributed by atoms with E-state index in [9.17, 15) is 34.2 Å². The zero-order valence-corrected chi connectivity index (χ0v) is 24.2. The van der Waals surface area contributed by atoms with Crippen molar-refractivity contribution in [1.82, 2.24) is 39.0 Å². The van der Waals surface area contributed by atoms with E-state index >= 15 is 0 Å². The first-order valence-electron chi connectivity index (χ1n) is 12.9. The van der Waals surface area contributed by atoms with Gasteiger partial charge in [0.1, 0.15) is 47.8 Å². The number of fused-ring (bicyclic) bond motifs is 4. The summed E-state index contributed by atoms with van der Waals surface area (Å²) in [6.07, 6.45) is -7.77. The zero-order valence-electron chi connectivity index (χ0n) is 22.4. The highest BCUT2D eigenvalue weighted by Gasteiger charge is 2.52. The van der Waals surface area contributed by atoms with Crippen LogP contribution in [0.15, 0.2) is 12.7 Å². The van der Waals surface area contributed by atoms with Crippen LogP contribution in [0.5, 0.6) is 11.8 Å². The van der Waals surface area contributed by atoms with Gasteiger partial charge in [-0.05, 0) is 0 Å². The highest BCUT2D eigenvalue weighted by Crippen LogP contribution is 2.53. The number of aliphatic hydroxyl groups is 1. The molecule has 9 atom stereocenters. The van der Waals surface area contributed by atoms with Crippen molar-refractivity contribution in [3.8, 4) is 11.8 Å². The second kappa shape index (κ2) is 10.7. The molecule has 4 aromatic rings. The molecule has 3 saturated heterocycles. The van der Waals surface area contributed by atoms with Gasteiger partial charge in [-0.1, -0.05) is 0 Å². The van der Waals surface area contributed by atoms with Crippen molar-refractivity contribution in [2.75, 3.05) is 24.7 Å². The predicted molar refractivity (Wildman–Crippen MR) is 138 cm³/mol. The predicted octanol–water partition coefficient (Wildman–Crippen LogP) is -2.46. The molecule has 0 amide bonds. The highest BCUT2D eigenvalue weighted by molar-refractivity contribution is 7.47. The van der Waals surface area contributed by atoms with Crippen LogP contribution in [0.25, 0.3) is 22.3 Å². The van der Waals surface area contributed by atoms with E-state index in [4.69, 9.17) is 39.0 Å². The molecule has 242 valence electrons. The molecule has 2 unspecified atom stereocenters. The summed E-state index contributed by atoms with van der Waals surface area (Å²) in [5, 5.41) is 35.4. The van der Waals surface area contributed by atoms with Gasteiger partial charge in [0, 0.05) is 18.2 Å². The van der Waals surface area contributed by atoms with Crippen molar-refractivity contribution in [1.29, 1.82) is 0 Å². The summed E-state index contributed by atoms with van der Waals surface area (Å²) in [5.41, 5.74) is 10.7. The number of aromatic nitrogens is 8. The minimum atomic E-state index is -5.01. The van der Waals surface area contributed by atoms with Crippen LogP contribution in [0.2, 0.25) is 0 Å². The van der Waals surface area contributed by atoms with Gasteiger partial charge in [-0.3, -0.25) is 27.2 Å². The molecule has 25 heteroatoms. The number of hydrogen-bond donors (Lipinski definition) is 5. The van der Waals surface area contributed by atoms with Crippen LogP contribution in [0.1, 0.15) is 18.9 Å². The fourth-order valence-corrected chi connectivity index (χ4v) is 7.20. The van der Waals surface area contributed by atoms with E-state index in [1.54, 1.807) is 0 Å². The van der Waals surface area contributed by atoms with E-state index < -0.39 is 83.6 Å². The Kier molecular flexibility index (Phi) is 7.18. The number of ether oxygens (including phenoxy) is 2. The maximum atomic E-state index is 13.1. The molecular formula is C20H22N10O13P2-2. The maximum absolute atomic E-state index is 13.1. The molecule has 7 N–H and O–H groups in total. The van der Waals surface area contributed by atoms with Gasteiger partial charge in [0.25, 0.3) is 0 Å². The molecule has 7 heterocycles. The van der Waals surface area contributed by atoms with Crippen LogP contribution < -0.4 is 21.7 Å². The Hall–Kier alpha value is -3.60. The molecule has 7 rings (SSSR count). The van der Waals surface area contributed by atoms with Crippen LogP contribution in [-0.2, 0) is 36.7 Å². The van der Waals surface area contributed by atoms with Crippen LogP contribution in [0, 0.1) is 0 Å². The average molecular weight is 672 g/mol. The number of rotatable bonds is 2. The fraction of sp³-hybridized carbons (Fsp3) is 0.500. The topological polar surface area (TPSA) is 336 Å². The first kappa shape index (κ1) is 30.1. The van der Waals surface area contributed by atoms with Crippen LogP contribution in [0.3, 0.4) is 0 Å². The van der Waals surface area contributed by atoms with Crippen molar-refractivity contribution < 1.29 is 61.8 Å². The first-order chi connectivity index (χ1) is 21.3. The number of phosphoric ester groups is 2. The van der Waals surface area contributed by atoms with E-state index in [1.807, 2.05) is 0 Å². The van der Waals surface area contributed by atoms with Gasteiger partial charge in [0.05, 0.1) is 25.9 Å². The van der Waals surface area contributed by atoms with Gasteiger partial charge < -0.3 is 46.0 Å². The minimum absolute atomic E-state index is 0.00939. The zero-order chi connectivity index (χ0) is 31.8. The SMILES string of the molecule is Nc1nc([O-])c2ncn([C@@H]3O[C@@H]4COP(=O)(O)O[C@H]5C[C@H](n6cnc7c([O-])nc(N)nc76)O[C@@H]5COP(=O)(O)O[C@H]4[C@H]3O)c2n1. The maximum Gasteiger partial charge on any atom is 0.472 e. The number of hydrogen-bond acceptors (Lipinski definition) is 19. The van der Waals surface area contributed by atoms with E-state index in [0.717, 1.165) is 10.9 Å². The molecule has 3 fully saturated rings. The number of imidazole rings is 2. The molecule has 0 saturated carbocycles. The van der Waals surface area contributed by atoms with Crippen LogP contribution >= 0.6 is 15.6 Å². The molecule has 3 aliphatic heterocycles. The lowest BCUT2D eigenvalue weighted by molar-refractivity contribution is -0.273. The normalized spacial score (nSPS) is 36.0. The standard InChI is InChI=1S/C20H24N10O13P2/c21-19-25-14-10(16(32)27-19)23-4-29(14)9-1-6-7(40-9)2-38-45(36,37)43-13-8(3-39-44(34,35)42-6)41-18(12(13)31)30-5-24-11-15(30)26-20(22)28-17(11)33/h4-9,12-13,18,31H,1-3H2,(H,34,35)(H,36,37)(H3,21,25,27,32)(H3,22,26,28,33)/p-2/t6-,7+,8+,9+,12+,13+,18+/m0/s1. The second-order valence-corrected chi connectivity index (χ2v) is 12.9. The second-order valence-electron chi connectivity index (χ2n) is 10.1. The summed E-state index contributed by atoms with van der Waals surface area (Å²) in [6, 6.07) is 0. The average Bonchev–Trinajstić information content (AvgIpc) is 3.71. The molecule has 45 heavy (non-hydrogen) atoms. The van der Waals surface area contributed by atoms with Gasteiger partial charge in [-0.15, -0.1) is 0 Å². The smallest absolute Gasteiger partial charge is 0.472 e. The minimum Gasteiger partial charge on any atom is -0.857 e. The third-order valence-corrected chi connectivity index (χ3v) is 9.21. The molecule has 23 nitrogen and oxygen atoms in total. The molecule has 0 spiro atoms. The van der Waals surface area contributed by atoms with Crippen LogP contribution in [0.4, 0.5) is 11.9 Å². The van der Waals surface area contributed by atoms with E-state index in [-0.39, 0.29) is 40.6 Å². The quantitative estimate of drug-likeness (QED) is 0.138. The molecule has 0 aromatic carbocycles. The molecular weight excluding hydrogens is 650 g/mol. The Bertz CT molecular complexity index is 1890. The Morgan fingerprint density at radius 3 is 2.00 bits per heavy atom. The van der Waals surface area contributed by atoms with Gasteiger partial charge in [-0.2, -0.15) is 9.97 Å². The lowest BCUT2D eigenvalue weighted by Crippen LogP contribution is -2.37. The number of nitrogens with zero attached hydrogens (tertiary/aromatic N) is 8. The van der Waals surface area contributed by atoms with Gasteiger partial charge in [0.15, 0.2) is 17.5 Å². The largest absolute Gasteiger partial charge is 0.857 e.